The van der Waals surface area contributed by atoms with Gasteiger partial charge in [-0.25, -0.2) is 0 Å². The molecule has 2 fully saturated rings. The van der Waals surface area contributed by atoms with E-state index in [1.807, 2.05) is 6.92 Å². The summed E-state index contributed by atoms with van der Waals surface area (Å²) in [5, 5.41) is 18.2. The van der Waals surface area contributed by atoms with Crippen LogP contribution < -0.4 is 0 Å². The lowest BCUT2D eigenvalue weighted by Gasteiger charge is -2.44. The van der Waals surface area contributed by atoms with E-state index in [4.69, 9.17) is 15.1 Å². The van der Waals surface area contributed by atoms with Crippen molar-refractivity contribution >= 4 is 5.91 Å². The van der Waals surface area contributed by atoms with E-state index in [1.54, 1.807) is 4.90 Å². The monoisotopic (exact) mass is 238 g/mol. The standard InChI is InChI=1S/C12H18N2O3/c1-9-7-17-10(6-15)5-14(9)11(16)12(8-13)3-2-4-12/h9-10,15H,2-7H2,1H3. The molecule has 0 bridgehead atoms. The molecule has 1 aliphatic carbocycles. The molecule has 5 heteroatoms. The van der Waals surface area contributed by atoms with Crippen molar-refractivity contribution in [3.63, 3.8) is 0 Å². The van der Waals surface area contributed by atoms with Gasteiger partial charge in [0, 0.05) is 6.54 Å². The van der Waals surface area contributed by atoms with E-state index in [1.165, 1.54) is 0 Å². The maximum absolute atomic E-state index is 12.4. The van der Waals surface area contributed by atoms with Crippen LogP contribution in [-0.2, 0) is 9.53 Å². The minimum atomic E-state index is -0.800. The number of aliphatic hydroxyl groups is 1. The lowest BCUT2D eigenvalue weighted by atomic mass is 9.68. The Hall–Kier alpha value is -1.12. The van der Waals surface area contributed by atoms with Crippen LogP contribution in [0.25, 0.3) is 0 Å². The SMILES string of the molecule is CC1COC(CO)CN1C(=O)C1(C#N)CCC1. The molecule has 5 nitrogen and oxygen atoms in total. The number of carbonyl (C=O) groups excluding carboxylic acids is 1. The number of nitrogens with zero attached hydrogens (tertiary/aromatic N) is 2. The predicted octanol–water partition coefficient (Wildman–Crippen LogP) is 0.288. The molecule has 1 saturated carbocycles. The molecule has 2 aliphatic rings. The van der Waals surface area contributed by atoms with Gasteiger partial charge in [-0.3, -0.25) is 4.79 Å². The second-order valence-electron chi connectivity index (χ2n) is 4.99. The van der Waals surface area contributed by atoms with Crippen LogP contribution in [0.3, 0.4) is 0 Å². The summed E-state index contributed by atoms with van der Waals surface area (Å²) >= 11 is 0. The van der Waals surface area contributed by atoms with Gasteiger partial charge in [-0.2, -0.15) is 5.26 Å². The van der Waals surface area contributed by atoms with Gasteiger partial charge in [0.05, 0.1) is 31.4 Å². The van der Waals surface area contributed by atoms with E-state index >= 15 is 0 Å². The number of nitriles is 1. The van der Waals surface area contributed by atoms with Gasteiger partial charge in [0.15, 0.2) is 0 Å². The van der Waals surface area contributed by atoms with Gasteiger partial charge in [0.1, 0.15) is 5.41 Å². The molecule has 0 aromatic carbocycles. The molecule has 1 saturated heterocycles. The second kappa shape index (κ2) is 4.63. The molecule has 94 valence electrons. The number of ether oxygens (including phenoxy) is 1. The fourth-order valence-electron chi connectivity index (χ4n) is 2.39. The molecule has 1 amide bonds. The molecule has 2 unspecified atom stereocenters. The van der Waals surface area contributed by atoms with Crippen LogP contribution >= 0.6 is 0 Å². The lowest BCUT2D eigenvalue weighted by Crippen LogP contribution is -2.57. The molecule has 1 aliphatic heterocycles. The molecule has 2 rings (SSSR count). The number of amides is 1. The van der Waals surface area contributed by atoms with Crippen molar-refractivity contribution in [3.05, 3.63) is 0 Å². The third-order valence-electron chi connectivity index (χ3n) is 3.80. The van der Waals surface area contributed by atoms with E-state index in [-0.39, 0.29) is 24.7 Å². The van der Waals surface area contributed by atoms with Crippen LogP contribution in [-0.4, -0.2) is 47.8 Å². The third kappa shape index (κ3) is 2.03. The molecular formula is C12H18N2O3. The molecule has 0 aromatic heterocycles. The number of rotatable bonds is 2. The summed E-state index contributed by atoms with van der Waals surface area (Å²) in [5.41, 5.74) is -0.800. The minimum Gasteiger partial charge on any atom is -0.394 e. The molecule has 0 aromatic rings. The molecule has 2 atom stereocenters. The summed E-state index contributed by atoms with van der Waals surface area (Å²) in [4.78, 5) is 14.1. The minimum absolute atomic E-state index is 0.0175. The Morgan fingerprint density at radius 3 is 2.82 bits per heavy atom. The molecule has 0 spiro atoms. The fraction of sp³-hybridized carbons (Fsp3) is 0.833. The summed E-state index contributed by atoms with van der Waals surface area (Å²) < 4.78 is 5.39. The highest BCUT2D eigenvalue weighted by atomic mass is 16.5. The molecule has 1 N–H and O–H groups in total. The molecular weight excluding hydrogens is 220 g/mol. The van der Waals surface area contributed by atoms with E-state index < -0.39 is 5.41 Å². The number of carbonyl (C=O) groups is 1. The Balaban J connectivity index is 2.10. The first-order valence-electron chi connectivity index (χ1n) is 6.08. The Bertz CT molecular complexity index is 346. The van der Waals surface area contributed by atoms with Crippen LogP contribution in [0.2, 0.25) is 0 Å². The van der Waals surface area contributed by atoms with Gasteiger partial charge >= 0.3 is 0 Å². The van der Waals surface area contributed by atoms with Crippen LogP contribution in [0, 0.1) is 16.7 Å². The fourth-order valence-corrected chi connectivity index (χ4v) is 2.39. The largest absolute Gasteiger partial charge is 0.394 e. The summed E-state index contributed by atoms with van der Waals surface area (Å²) in [6.07, 6.45) is 1.96. The van der Waals surface area contributed by atoms with Crippen molar-refractivity contribution in [2.75, 3.05) is 19.8 Å². The number of aliphatic hydroxyl groups excluding tert-OH is 1. The zero-order valence-corrected chi connectivity index (χ0v) is 10.1. The zero-order chi connectivity index (χ0) is 12.5. The summed E-state index contributed by atoms with van der Waals surface area (Å²) in [6.45, 7) is 2.64. The highest BCUT2D eigenvalue weighted by molar-refractivity contribution is 5.86. The van der Waals surface area contributed by atoms with Gasteiger partial charge < -0.3 is 14.7 Å². The first kappa shape index (κ1) is 12.3. The first-order chi connectivity index (χ1) is 8.13. The first-order valence-corrected chi connectivity index (χ1v) is 6.08. The molecule has 17 heavy (non-hydrogen) atoms. The van der Waals surface area contributed by atoms with Gasteiger partial charge in [-0.05, 0) is 26.2 Å². The van der Waals surface area contributed by atoms with Crippen LogP contribution in [0.15, 0.2) is 0 Å². The van der Waals surface area contributed by atoms with E-state index in [9.17, 15) is 4.79 Å². The normalized spacial score (nSPS) is 31.5. The number of hydrogen-bond acceptors (Lipinski definition) is 4. The molecule has 1 heterocycles. The average Bonchev–Trinajstić information content (AvgIpc) is 2.29. The molecule has 0 radical (unpaired) electrons. The van der Waals surface area contributed by atoms with Crippen LogP contribution in [0.4, 0.5) is 0 Å². The van der Waals surface area contributed by atoms with Crippen molar-refractivity contribution in [2.45, 2.75) is 38.3 Å². The number of morpholine rings is 1. The van der Waals surface area contributed by atoms with Crippen molar-refractivity contribution in [1.29, 1.82) is 5.26 Å². The topological polar surface area (TPSA) is 73.6 Å². The Morgan fingerprint density at radius 1 is 1.65 bits per heavy atom. The van der Waals surface area contributed by atoms with Crippen molar-refractivity contribution in [1.82, 2.24) is 4.90 Å². The maximum Gasteiger partial charge on any atom is 0.243 e. The van der Waals surface area contributed by atoms with Crippen LogP contribution in [0.1, 0.15) is 26.2 Å². The van der Waals surface area contributed by atoms with Crippen molar-refractivity contribution in [2.24, 2.45) is 5.41 Å². The number of hydrogen-bond donors (Lipinski definition) is 1. The Labute approximate surface area is 101 Å². The van der Waals surface area contributed by atoms with E-state index in [0.29, 0.717) is 26.0 Å². The van der Waals surface area contributed by atoms with Crippen molar-refractivity contribution in [3.8, 4) is 6.07 Å². The zero-order valence-electron chi connectivity index (χ0n) is 10.1. The van der Waals surface area contributed by atoms with Gasteiger partial charge in [-0.15, -0.1) is 0 Å². The lowest BCUT2D eigenvalue weighted by molar-refractivity contribution is -0.157. The van der Waals surface area contributed by atoms with Crippen molar-refractivity contribution < 1.29 is 14.6 Å². The quantitative estimate of drug-likeness (QED) is 0.750. The summed E-state index contributed by atoms with van der Waals surface area (Å²) in [6, 6.07) is 2.15. The van der Waals surface area contributed by atoms with E-state index in [2.05, 4.69) is 6.07 Å². The maximum atomic E-state index is 12.4. The highest BCUT2D eigenvalue weighted by Gasteiger charge is 2.48. The van der Waals surface area contributed by atoms with Gasteiger partial charge in [-0.1, -0.05) is 0 Å². The Kier molecular flexibility index (Phi) is 3.36. The summed E-state index contributed by atoms with van der Waals surface area (Å²) in [7, 11) is 0. The van der Waals surface area contributed by atoms with Gasteiger partial charge in [0.2, 0.25) is 5.91 Å². The van der Waals surface area contributed by atoms with Gasteiger partial charge in [0.25, 0.3) is 0 Å². The van der Waals surface area contributed by atoms with E-state index in [0.717, 1.165) is 6.42 Å². The second-order valence-corrected chi connectivity index (χ2v) is 4.99. The average molecular weight is 238 g/mol. The highest BCUT2D eigenvalue weighted by Crippen LogP contribution is 2.42. The summed E-state index contributed by atoms with van der Waals surface area (Å²) in [5.74, 6) is -0.0829. The smallest absolute Gasteiger partial charge is 0.243 e. The third-order valence-corrected chi connectivity index (χ3v) is 3.80. The predicted molar refractivity (Wildman–Crippen MR) is 59.9 cm³/mol. The van der Waals surface area contributed by atoms with Crippen LogP contribution in [0.5, 0.6) is 0 Å². The Morgan fingerprint density at radius 2 is 2.35 bits per heavy atom.